The third-order valence-corrected chi connectivity index (χ3v) is 5.18. The molecule has 1 heterocycles. The standard InChI is InChI=1S/C24H28N2O3/c1-6-16(2)25-24(27)22-15-23(18-10-12-20(28-4)13-11-18)26(17(22)3)19-8-7-9-21(14-19)29-5/h7-16H,6H2,1-5H3,(H,25,27)/t16-/m1/s1. The van der Waals surface area contributed by atoms with Gasteiger partial charge in [0.15, 0.2) is 0 Å². The van der Waals surface area contributed by atoms with E-state index >= 15 is 0 Å². The van der Waals surface area contributed by atoms with Crippen LogP contribution in [0.25, 0.3) is 16.9 Å². The highest BCUT2D eigenvalue weighted by atomic mass is 16.5. The van der Waals surface area contributed by atoms with Gasteiger partial charge in [0, 0.05) is 23.5 Å². The van der Waals surface area contributed by atoms with Crippen molar-refractivity contribution in [1.29, 1.82) is 0 Å². The fraction of sp³-hybridized carbons (Fsp3) is 0.292. The molecule has 5 heteroatoms. The Morgan fingerprint density at radius 2 is 1.72 bits per heavy atom. The van der Waals surface area contributed by atoms with Crippen molar-refractivity contribution in [2.24, 2.45) is 0 Å². The van der Waals surface area contributed by atoms with Crippen LogP contribution in [0.3, 0.4) is 0 Å². The molecule has 0 aliphatic carbocycles. The Labute approximate surface area is 172 Å². The van der Waals surface area contributed by atoms with Gasteiger partial charge in [-0.1, -0.05) is 13.0 Å². The summed E-state index contributed by atoms with van der Waals surface area (Å²) in [5, 5.41) is 3.07. The fourth-order valence-electron chi connectivity index (χ4n) is 3.30. The molecule has 0 spiro atoms. The van der Waals surface area contributed by atoms with E-state index in [1.165, 1.54) is 0 Å². The molecule has 3 aromatic rings. The lowest BCUT2D eigenvalue weighted by molar-refractivity contribution is 0.0938. The summed E-state index contributed by atoms with van der Waals surface area (Å²) in [5.41, 5.74) is 4.42. The lowest BCUT2D eigenvalue weighted by Gasteiger charge is -2.14. The summed E-state index contributed by atoms with van der Waals surface area (Å²) in [6.07, 6.45) is 0.882. The highest BCUT2D eigenvalue weighted by Crippen LogP contribution is 2.32. The van der Waals surface area contributed by atoms with Crippen molar-refractivity contribution in [3.8, 4) is 28.4 Å². The maximum absolute atomic E-state index is 12.9. The Kier molecular flexibility index (Phi) is 6.27. The smallest absolute Gasteiger partial charge is 0.253 e. The summed E-state index contributed by atoms with van der Waals surface area (Å²) in [4.78, 5) is 12.9. The van der Waals surface area contributed by atoms with E-state index in [9.17, 15) is 4.79 Å². The zero-order chi connectivity index (χ0) is 21.0. The van der Waals surface area contributed by atoms with Gasteiger partial charge in [0.1, 0.15) is 11.5 Å². The number of carbonyl (C=O) groups excluding carboxylic acids is 1. The Morgan fingerprint density at radius 1 is 1.03 bits per heavy atom. The number of nitrogens with zero attached hydrogens (tertiary/aromatic N) is 1. The summed E-state index contributed by atoms with van der Waals surface area (Å²) in [6, 6.07) is 17.8. The second-order valence-electron chi connectivity index (χ2n) is 7.08. The van der Waals surface area contributed by atoms with Gasteiger partial charge in [0.25, 0.3) is 5.91 Å². The normalized spacial score (nSPS) is 11.8. The number of rotatable bonds is 7. The van der Waals surface area contributed by atoms with Crippen molar-refractivity contribution in [2.75, 3.05) is 14.2 Å². The largest absolute Gasteiger partial charge is 0.497 e. The Bertz CT molecular complexity index is 990. The van der Waals surface area contributed by atoms with Gasteiger partial charge < -0.3 is 19.4 Å². The van der Waals surface area contributed by atoms with Gasteiger partial charge in [-0.3, -0.25) is 4.79 Å². The molecular weight excluding hydrogens is 364 g/mol. The number of hydrogen-bond acceptors (Lipinski definition) is 3. The average molecular weight is 392 g/mol. The van der Waals surface area contributed by atoms with E-state index in [2.05, 4.69) is 16.8 Å². The molecule has 0 aliphatic rings. The van der Waals surface area contributed by atoms with Crippen molar-refractivity contribution < 1.29 is 14.3 Å². The first kappa shape index (κ1) is 20.5. The lowest BCUT2D eigenvalue weighted by Crippen LogP contribution is -2.32. The zero-order valence-corrected chi connectivity index (χ0v) is 17.7. The van der Waals surface area contributed by atoms with E-state index in [0.29, 0.717) is 5.56 Å². The summed E-state index contributed by atoms with van der Waals surface area (Å²) >= 11 is 0. The molecule has 0 radical (unpaired) electrons. The van der Waals surface area contributed by atoms with Crippen LogP contribution in [0.4, 0.5) is 0 Å². The first-order chi connectivity index (χ1) is 14.0. The molecule has 0 unspecified atom stereocenters. The number of ether oxygens (including phenoxy) is 2. The van der Waals surface area contributed by atoms with Gasteiger partial charge in [-0.05, 0) is 68.3 Å². The van der Waals surface area contributed by atoms with E-state index in [1.54, 1.807) is 14.2 Å². The van der Waals surface area contributed by atoms with Crippen LogP contribution in [-0.4, -0.2) is 30.7 Å². The highest BCUT2D eigenvalue weighted by Gasteiger charge is 2.20. The second-order valence-corrected chi connectivity index (χ2v) is 7.08. The topological polar surface area (TPSA) is 52.5 Å². The van der Waals surface area contributed by atoms with Crippen molar-refractivity contribution in [2.45, 2.75) is 33.2 Å². The van der Waals surface area contributed by atoms with Crippen molar-refractivity contribution >= 4 is 5.91 Å². The number of nitrogens with one attached hydrogen (secondary N) is 1. The van der Waals surface area contributed by atoms with E-state index in [-0.39, 0.29) is 11.9 Å². The van der Waals surface area contributed by atoms with Crippen LogP contribution in [0, 0.1) is 6.92 Å². The van der Waals surface area contributed by atoms with Gasteiger partial charge in [0.05, 0.1) is 25.5 Å². The van der Waals surface area contributed by atoms with E-state index in [0.717, 1.165) is 40.6 Å². The number of benzene rings is 2. The molecule has 1 atom stereocenters. The van der Waals surface area contributed by atoms with E-state index in [4.69, 9.17) is 9.47 Å². The first-order valence-corrected chi connectivity index (χ1v) is 9.80. The van der Waals surface area contributed by atoms with E-state index in [1.807, 2.05) is 68.4 Å². The predicted octanol–water partition coefficient (Wildman–Crippen LogP) is 5.00. The summed E-state index contributed by atoms with van der Waals surface area (Å²) in [7, 11) is 3.30. The lowest BCUT2D eigenvalue weighted by atomic mass is 10.1. The van der Waals surface area contributed by atoms with Crippen LogP contribution < -0.4 is 14.8 Å². The number of aromatic nitrogens is 1. The Hall–Kier alpha value is -3.21. The zero-order valence-electron chi connectivity index (χ0n) is 17.7. The molecule has 3 rings (SSSR count). The average Bonchev–Trinajstić information content (AvgIpc) is 3.10. The van der Waals surface area contributed by atoms with Crippen LogP contribution in [0.1, 0.15) is 36.3 Å². The molecular formula is C24H28N2O3. The minimum absolute atomic E-state index is 0.0618. The monoisotopic (exact) mass is 392 g/mol. The van der Waals surface area contributed by atoms with Gasteiger partial charge in [0.2, 0.25) is 0 Å². The molecule has 0 saturated heterocycles. The van der Waals surface area contributed by atoms with Crippen LogP contribution in [-0.2, 0) is 0 Å². The fourth-order valence-corrected chi connectivity index (χ4v) is 3.30. The van der Waals surface area contributed by atoms with Crippen molar-refractivity contribution in [3.63, 3.8) is 0 Å². The van der Waals surface area contributed by atoms with Crippen LogP contribution in [0.2, 0.25) is 0 Å². The molecule has 0 bridgehead atoms. The van der Waals surface area contributed by atoms with Crippen molar-refractivity contribution in [3.05, 3.63) is 65.9 Å². The number of hydrogen-bond donors (Lipinski definition) is 1. The Morgan fingerprint density at radius 3 is 2.34 bits per heavy atom. The molecule has 1 aromatic heterocycles. The molecule has 1 amide bonds. The minimum atomic E-state index is -0.0618. The van der Waals surface area contributed by atoms with Crippen molar-refractivity contribution in [1.82, 2.24) is 9.88 Å². The SMILES string of the molecule is CC[C@@H](C)NC(=O)c1cc(-c2ccc(OC)cc2)n(-c2cccc(OC)c2)c1C. The first-order valence-electron chi connectivity index (χ1n) is 9.80. The molecule has 1 N–H and O–H groups in total. The number of carbonyl (C=O) groups is 1. The van der Waals surface area contributed by atoms with Gasteiger partial charge in [-0.15, -0.1) is 0 Å². The molecule has 0 saturated carbocycles. The molecule has 2 aromatic carbocycles. The molecule has 0 aliphatic heterocycles. The van der Waals surface area contributed by atoms with E-state index < -0.39 is 0 Å². The molecule has 5 nitrogen and oxygen atoms in total. The van der Waals surface area contributed by atoms with Gasteiger partial charge in [-0.25, -0.2) is 0 Å². The number of amides is 1. The summed E-state index contributed by atoms with van der Waals surface area (Å²) < 4.78 is 12.8. The molecule has 0 fully saturated rings. The minimum Gasteiger partial charge on any atom is -0.497 e. The van der Waals surface area contributed by atoms with Crippen LogP contribution in [0.5, 0.6) is 11.5 Å². The highest BCUT2D eigenvalue weighted by molar-refractivity contribution is 5.97. The van der Waals surface area contributed by atoms with Gasteiger partial charge in [-0.2, -0.15) is 0 Å². The Balaban J connectivity index is 2.16. The van der Waals surface area contributed by atoms with Crippen LogP contribution >= 0.6 is 0 Å². The summed E-state index contributed by atoms with van der Waals surface area (Å²) in [6.45, 7) is 6.04. The summed E-state index contributed by atoms with van der Waals surface area (Å²) in [5.74, 6) is 1.50. The van der Waals surface area contributed by atoms with Gasteiger partial charge >= 0.3 is 0 Å². The molecule has 29 heavy (non-hydrogen) atoms. The van der Waals surface area contributed by atoms with Crippen LogP contribution in [0.15, 0.2) is 54.6 Å². The third kappa shape index (κ3) is 4.29. The molecule has 152 valence electrons. The maximum atomic E-state index is 12.9. The second kappa shape index (κ2) is 8.86. The quantitative estimate of drug-likeness (QED) is 0.616. The maximum Gasteiger partial charge on any atom is 0.253 e. The predicted molar refractivity (Wildman–Crippen MR) is 116 cm³/mol. The third-order valence-electron chi connectivity index (χ3n) is 5.18. The number of methoxy groups -OCH3 is 2.